The molecule has 2 aliphatic heterocycles. The van der Waals surface area contributed by atoms with Gasteiger partial charge in [-0.25, -0.2) is 0 Å². The summed E-state index contributed by atoms with van der Waals surface area (Å²) in [5.74, 6) is -1.08. The standard InChI is InChI=1S/C26H26N2O5/c1-16-7-12-21-22(13-16)25(31)28(24(21)30)19-8-10-20(11-9-19)33-26(32)17-14-23(29)27(15-17)18-5-3-2-4-6-18/h2-6,8-11,16-17,21-22H,7,12-15H2,1H3/t16-,17-,21+,22+/m1/s1. The van der Waals surface area contributed by atoms with Gasteiger partial charge >= 0.3 is 5.97 Å². The van der Waals surface area contributed by atoms with E-state index < -0.39 is 11.9 Å². The number of imide groups is 1. The van der Waals surface area contributed by atoms with Crippen molar-refractivity contribution >= 4 is 35.1 Å². The van der Waals surface area contributed by atoms with Crippen LogP contribution in [0.5, 0.6) is 5.75 Å². The minimum Gasteiger partial charge on any atom is -0.426 e. The lowest BCUT2D eigenvalue weighted by Crippen LogP contribution is -2.30. The highest BCUT2D eigenvalue weighted by molar-refractivity contribution is 6.22. The summed E-state index contributed by atoms with van der Waals surface area (Å²) < 4.78 is 5.50. The van der Waals surface area contributed by atoms with E-state index in [1.54, 1.807) is 29.2 Å². The van der Waals surface area contributed by atoms with Crippen molar-refractivity contribution in [2.45, 2.75) is 32.6 Å². The molecular weight excluding hydrogens is 420 g/mol. The number of anilines is 2. The molecule has 33 heavy (non-hydrogen) atoms. The normalized spacial score (nSPS) is 27.1. The molecule has 2 heterocycles. The zero-order chi connectivity index (χ0) is 23.1. The SMILES string of the molecule is C[C@@H]1CC[C@@H]2C(=O)N(c3ccc(OC(=O)[C@@H]4CC(=O)N(c5ccccc5)C4)cc3)C(=O)[C@H]2C1. The molecule has 4 atom stereocenters. The molecule has 2 aromatic rings. The van der Waals surface area contributed by atoms with Crippen LogP contribution in [0, 0.1) is 23.7 Å². The molecule has 0 N–H and O–H groups in total. The third-order valence-corrected chi connectivity index (χ3v) is 7.03. The van der Waals surface area contributed by atoms with E-state index >= 15 is 0 Å². The molecule has 3 aliphatic rings. The van der Waals surface area contributed by atoms with E-state index in [-0.39, 0.29) is 42.5 Å². The minimum absolute atomic E-state index is 0.101. The van der Waals surface area contributed by atoms with Crippen LogP contribution >= 0.6 is 0 Å². The number of benzene rings is 2. The van der Waals surface area contributed by atoms with Gasteiger partial charge in [-0.1, -0.05) is 25.1 Å². The largest absolute Gasteiger partial charge is 0.426 e. The van der Waals surface area contributed by atoms with Crippen molar-refractivity contribution in [3.8, 4) is 5.75 Å². The van der Waals surface area contributed by atoms with Crippen LogP contribution in [0.4, 0.5) is 11.4 Å². The van der Waals surface area contributed by atoms with Crippen molar-refractivity contribution in [3.05, 3.63) is 54.6 Å². The minimum atomic E-state index is -0.552. The molecule has 5 rings (SSSR count). The first-order chi connectivity index (χ1) is 15.9. The Balaban J connectivity index is 1.24. The van der Waals surface area contributed by atoms with Gasteiger partial charge < -0.3 is 9.64 Å². The van der Waals surface area contributed by atoms with Gasteiger partial charge in [0.2, 0.25) is 17.7 Å². The molecule has 3 fully saturated rings. The summed E-state index contributed by atoms with van der Waals surface area (Å²) in [5, 5.41) is 0. The second kappa shape index (κ2) is 8.46. The van der Waals surface area contributed by atoms with Crippen molar-refractivity contribution in [1.82, 2.24) is 0 Å². The molecule has 0 radical (unpaired) electrons. The van der Waals surface area contributed by atoms with Gasteiger partial charge in [-0.05, 0) is 61.6 Å². The summed E-state index contributed by atoms with van der Waals surface area (Å²) in [5.41, 5.74) is 1.26. The predicted octanol–water partition coefficient (Wildman–Crippen LogP) is 3.57. The van der Waals surface area contributed by atoms with Gasteiger partial charge in [-0.3, -0.25) is 24.1 Å². The first-order valence-electron chi connectivity index (χ1n) is 11.5. The number of fused-ring (bicyclic) bond motifs is 1. The third kappa shape index (κ3) is 3.92. The van der Waals surface area contributed by atoms with Crippen LogP contribution in [0.1, 0.15) is 32.6 Å². The van der Waals surface area contributed by atoms with E-state index in [0.717, 1.165) is 24.9 Å². The second-order valence-electron chi connectivity index (χ2n) is 9.30. The van der Waals surface area contributed by atoms with E-state index in [9.17, 15) is 19.2 Å². The average molecular weight is 447 g/mol. The van der Waals surface area contributed by atoms with Crippen molar-refractivity contribution in [3.63, 3.8) is 0 Å². The number of hydrogen-bond donors (Lipinski definition) is 0. The quantitative estimate of drug-likeness (QED) is 0.407. The number of nitrogens with zero attached hydrogens (tertiary/aromatic N) is 2. The highest BCUT2D eigenvalue weighted by atomic mass is 16.5. The number of para-hydroxylation sites is 1. The molecule has 3 amide bonds. The summed E-state index contributed by atoms with van der Waals surface area (Å²) in [6, 6.07) is 15.7. The monoisotopic (exact) mass is 446 g/mol. The molecule has 2 saturated heterocycles. The molecule has 0 unspecified atom stereocenters. The van der Waals surface area contributed by atoms with E-state index in [1.807, 2.05) is 30.3 Å². The summed E-state index contributed by atoms with van der Waals surface area (Å²) in [6.45, 7) is 2.40. The molecule has 0 spiro atoms. The summed E-state index contributed by atoms with van der Waals surface area (Å²) >= 11 is 0. The Kier molecular flexibility index (Phi) is 5.48. The molecule has 1 aliphatic carbocycles. The first kappa shape index (κ1) is 21.4. The van der Waals surface area contributed by atoms with Crippen LogP contribution in [-0.2, 0) is 19.2 Å². The van der Waals surface area contributed by atoms with Crippen molar-refractivity contribution in [1.29, 1.82) is 0 Å². The fraction of sp³-hybridized carbons (Fsp3) is 0.385. The fourth-order valence-electron chi connectivity index (χ4n) is 5.23. The maximum Gasteiger partial charge on any atom is 0.316 e. The van der Waals surface area contributed by atoms with Crippen LogP contribution in [-0.4, -0.2) is 30.2 Å². The third-order valence-electron chi connectivity index (χ3n) is 7.03. The van der Waals surface area contributed by atoms with Gasteiger partial charge in [0.25, 0.3) is 0 Å². The maximum atomic E-state index is 12.9. The van der Waals surface area contributed by atoms with Gasteiger partial charge in [0.15, 0.2) is 0 Å². The Labute approximate surface area is 192 Å². The first-order valence-corrected chi connectivity index (χ1v) is 11.5. The van der Waals surface area contributed by atoms with Crippen LogP contribution in [0.3, 0.4) is 0 Å². The number of rotatable bonds is 4. The number of carbonyl (C=O) groups is 4. The Morgan fingerprint density at radius 3 is 2.30 bits per heavy atom. The van der Waals surface area contributed by atoms with E-state index in [1.165, 1.54) is 4.90 Å². The highest BCUT2D eigenvalue weighted by Crippen LogP contribution is 2.42. The molecule has 7 nitrogen and oxygen atoms in total. The topological polar surface area (TPSA) is 84.0 Å². The average Bonchev–Trinajstić information content (AvgIpc) is 3.32. The summed E-state index contributed by atoms with van der Waals surface area (Å²) in [6.07, 6.45) is 2.57. The number of ether oxygens (including phenoxy) is 1. The summed E-state index contributed by atoms with van der Waals surface area (Å²) in [7, 11) is 0. The van der Waals surface area contributed by atoms with Crippen molar-refractivity contribution in [2.75, 3.05) is 16.3 Å². The molecule has 7 heteroatoms. The van der Waals surface area contributed by atoms with Crippen molar-refractivity contribution < 1.29 is 23.9 Å². The van der Waals surface area contributed by atoms with Gasteiger partial charge in [0.1, 0.15) is 5.75 Å². The maximum absolute atomic E-state index is 12.9. The Morgan fingerprint density at radius 1 is 0.879 bits per heavy atom. The zero-order valence-electron chi connectivity index (χ0n) is 18.5. The van der Waals surface area contributed by atoms with E-state index in [2.05, 4.69) is 6.92 Å². The van der Waals surface area contributed by atoms with Gasteiger partial charge in [-0.2, -0.15) is 0 Å². The number of hydrogen-bond acceptors (Lipinski definition) is 5. The molecule has 170 valence electrons. The Hall–Kier alpha value is -3.48. The molecular formula is C26H26N2O5. The molecule has 0 aromatic heterocycles. The Morgan fingerprint density at radius 2 is 1.58 bits per heavy atom. The molecule has 0 bridgehead atoms. The number of esters is 1. The van der Waals surface area contributed by atoms with Gasteiger partial charge in [-0.15, -0.1) is 0 Å². The van der Waals surface area contributed by atoms with Crippen LogP contribution < -0.4 is 14.5 Å². The lowest BCUT2D eigenvalue weighted by molar-refractivity contribution is -0.139. The predicted molar refractivity (Wildman–Crippen MR) is 121 cm³/mol. The lowest BCUT2D eigenvalue weighted by Gasteiger charge is -2.25. The van der Waals surface area contributed by atoms with E-state index in [0.29, 0.717) is 17.4 Å². The van der Waals surface area contributed by atoms with Crippen LogP contribution in [0.2, 0.25) is 0 Å². The number of amides is 3. The second-order valence-corrected chi connectivity index (χ2v) is 9.30. The fourth-order valence-corrected chi connectivity index (χ4v) is 5.23. The molecule has 1 saturated carbocycles. The lowest BCUT2D eigenvalue weighted by atomic mass is 9.76. The highest BCUT2D eigenvalue weighted by Gasteiger charge is 2.50. The molecule has 2 aromatic carbocycles. The zero-order valence-corrected chi connectivity index (χ0v) is 18.5. The smallest absolute Gasteiger partial charge is 0.316 e. The van der Waals surface area contributed by atoms with Crippen LogP contribution in [0.25, 0.3) is 0 Å². The van der Waals surface area contributed by atoms with Gasteiger partial charge in [0.05, 0.1) is 23.4 Å². The van der Waals surface area contributed by atoms with Crippen molar-refractivity contribution in [2.24, 2.45) is 23.7 Å². The summed E-state index contributed by atoms with van der Waals surface area (Å²) in [4.78, 5) is 53.7. The van der Waals surface area contributed by atoms with Gasteiger partial charge in [0, 0.05) is 18.7 Å². The number of carbonyl (C=O) groups excluding carboxylic acids is 4. The van der Waals surface area contributed by atoms with E-state index in [4.69, 9.17) is 4.74 Å². The Bertz CT molecular complexity index is 1100. The van der Waals surface area contributed by atoms with Crippen LogP contribution in [0.15, 0.2) is 54.6 Å².